The minimum atomic E-state index is -3.47. The van der Waals surface area contributed by atoms with Gasteiger partial charge in [-0.25, -0.2) is 12.7 Å². The molecule has 0 bridgehead atoms. The molecular weight excluding hydrogens is 318 g/mol. The molecule has 0 saturated heterocycles. The van der Waals surface area contributed by atoms with E-state index in [9.17, 15) is 13.2 Å². The predicted octanol–water partition coefficient (Wildman–Crippen LogP) is 3.20. The molecule has 0 aliphatic heterocycles. The number of thiophene rings is 1. The van der Waals surface area contributed by atoms with Gasteiger partial charge < -0.3 is 0 Å². The number of rotatable bonds is 5. The van der Waals surface area contributed by atoms with Crippen LogP contribution >= 0.6 is 11.3 Å². The van der Waals surface area contributed by atoms with Crippen LogP contribution in [0.1, 0.15) is 20.8 Å². The average molecular weight is 335 g/mol. The summed E-state index contributed by atoms with van der Waals surface area (Å²) in [5, 5.41) is 1.97. The van der Waals surface area contributed by atoms with Gasteiger partial charge in [0.05, 0.1) is 4.90 Å². The van der Waals surface area contributed by atoms with E-state index in [4.69, 9.17) is 0 Å². The lowest BCUT2D eigenvalue weighted by Crippen LogP contribution is -2.22. The lowest BCUT2D eigenvalue weighted by atomic mass is 10.1. The van der Waals surface area contributed by atoms with E-state index < -0.39 is 10.0 Å². The van der Waals surface area contributed by atoms with Crippen LogP contribution in [0.25, 0.3) is 6.08 Å². The Balaban J connectivity index is 2.19. The van der Waals surface area contributed by atoms with Gasteiger partial charge in [0.25, 0.3) is 0 Å². The first-order chi connectivity index (χ1) is 10.3. The summed E-state index contributed by atoms with van der Waals surface area (Å²) in [5.41, 5.74) is 1.59. The molecule has 22 heavy (non-hydrogen) atoms. The molecule has 2 aromatic rings. The van der Waals surface area contributed by atoms with Gasteiger partial charge in [-0.3, -0.25) is 4.79 Å². The predicted molar refractivity (Wildman–Crippen MR) is 89.7 cm³/mol. The summed E-state index contributed by atoms with van der Waals surface area (Å²) in [4.78, 5) is 13.3. The minimum Gasteiger partial charge on any atom is -0.289 e. The van der Waals surface area contributed by atoms with E-state index >= 15 is 0 Å². The molecule has 6 heteroatoms. The molecule has 0 fully saturated rings. The number of allylic oxidation sites excluding steroid dienone is 1. The average Bonchev–Trinajstić information content (AvgIpc) is 2.90. The zero-order valence-electron chi connectivity index (χ0n) is 12.6. The Morgan fingerprint density at radius 2 is 1.77 bits per heavy atom. The van der Waals surface area contributed by atoms with Gasteiger partial charge in [-0.05, 0) is 60.4 Å². The van der Waals surface area contributed by atoms with Crippen molar-refractivity contribution < 1.29 is 13.2 Å². The summed E-state index contributed by atoms with van der Waals surface area (Å²) < 4.78 is 25.1. The van der Waals surface area contributed by atoms with Crippen LogP contribution in [0.5, 0.6) is 0 Å². The molecule has 1 aromatic carbocycles. The SMILES string of the molecule is Cc1ccsc1/C=C/C(=O)c1ccc(S(=O)(=O)N(C)C)cc1. The molecule has 0 atom stereocenters. The molecule has 0 aliphatic rings. The normalized spacial score (nSPS) is 12.2. The van der Waals surface area contributed by atoms with E-state index in [2.05, 4.69) is 0 Å². The number of nitrogens with zero attached hydrogens (tertiary/aromatic N) is 1. The smallest absolute Gasteiger partial charge is 0.242 e. The summed E-state index contributed by atoms with van der Waals surface area (Å²) in [7, 11) is -0.522. The molecule has 0 radical (unpaired) electrons. The summed E-state index contributed by atoms with van der Waals surface area (Å²) >= 11 is 1.57. The Labute approximate surface area is 134 Å². The van der Waals surface area contributed by atoms with Crippen LogP contribution in [-0.2, 0) is 10.0 Å². The number of carbonyl (C=O) groups excluding carboxylic acids is 1. The van der Waals surface area contributed by atoms with Gasteiger partial charge in [-0.15, -0.1) is 11.3 Å². The van der Waals surface area contributed by atoms with Crippen molar-refractivity contribution in [1.82, 2.24) is 4.31 Å². The van der Waals surface area contributed by atoms with Crippen LogP contribution in [-0.4, -0.2) is 32.6 Å². The van der Waals surface area contributed by atoms with Crippen LogP contribution in [0.4, 0.5) is 0 Å². The van der Waals surface area contributed by atoms with Crippen molar-refractivity contribution in [3.8, 4) is 0 Å². The monoisotopic (exact) mass is 335 g/mol. The van der Waals surface area contributed by atoms with Gasteiger partial charge >= 0.3 is 0 Å². The first kappa shape index (κ1) is 16.6. The number of carbonyl (C=O) groups is 1. The molecule has 0 amide bonds. The number of aryl methyl sites for hydroxylation is 1. The Hall–Kier alpha value is -1.76. The maximum absolute atomic E-state index is 12.1. The highest BCUT2D eigenvalue weighted by atomic mass is 32.2. The fraction of sp³-hybridized carbons (Fsp3) is 0.188. The van der Waals surface area contributed by atoms with Gasteiger partial charge in [0.2, 0.25) is 10.0 Å². The minimum absolute atomic E-state index is 0.151. The van der Waals surface area contributed by atoms with Crippen LogP contribution in [0.15, 0.2) is 46.7 Å². The molecule has 0 aliphatic carbocycles. The summed E-state index contributed by atoms with van der Waals surface area (Å²) in [5.74, 6) is -0.151. The van der Waals surface area contributed by atoms with E-state index in [1.165, 1.54) is 44.4 Å². The van der Waals surface area contributed by atoms with E-state index in [0.29, 0.717) is 5.56 Å². The second kappa shape index (κ2) is 6.56. The molecule has 1 aromatic heterocycles. The van der Waals surface area contributed by atoms with E-state index in [1.807, 2.05) is 18.4 Å². The highest BCUT2D eigenvalue weighted by Gasteiger charge is 2.17. The van der Waals surface area contributed by atoms with Crippen LogP contribution in [0.3, 0.4) is 0 Å². The van der Waals surface area contributed by atoms with E-state index in [-0.39, 0.29) is 10.7 Å². The lowest BCUT2D eigenvalue weighted by Gasteiger charge is -2.11. The van der Waals surface area contributed by atoms with Crippen molar-refractivity contribution in [1.29, 1.82) is 0 Å². The van der Waals surface area contributed by atoms with Gasteiger partial charge in [-0.2, -0.15) is 0 Å². The maximum Gasteiger partial charge on any atom is 0.242 e. The first-order valence-electron chi connectivity index (χ1n) is 6.61. The zero-order valence-corrected chi connectivity index (χ0v) is 14.2. The van der Waals surface area contributed by atoms with Crippen LogP contribution in [0, 0.1) is 6.92 Å². The molecule has 0 saturated carbocycles. The molecule has 2 rings (SSSR count). The van der Waals surface area contributed by atoms with Crippen molar-refractivity contribution in [2.75, 3.05) is 14.1 Å². The topological polar surface area (TPSA) is 54.5 Å². The molecule has 0 unspecified atom stereocenters. The third-order valence-corrected chi connectivity index (χ3v) is 6.02. The van der Waals surface area contributed by atoms with Gasteiger partial charge in [0.15, 0.2) is 5.78 Å². The fourth-order valence-electron chi connectivity index (χ4n) is 1.80. The summed E-state index contributed by atoms with van der Waals surface area (Å²) in [6.45, 7) is 1.99. The number of hydrogen-bond donors (Lipinski definition) is 0. The molecule has 1 heterocycles. The third kappa shape index (κ3) is 3.52. The van der Waals surface area contributed by atoms with Crippen LogP contribution < -0.4 is 0 Å². The van der Waals surface area contributed by atoms with E-state index in [1.54, 1.807) is 17.4 Å². The van der Waals surface area contributed by atoms with Crippen molar-refractivity contribution >= 4 is 33.2 Å². The first-order valence-corrected chi connectivity index (χ1v) is 8.93. The largest absolute Gasteiger partial charge is 0.289 e. The highest BCUT2D eigenvalue weighted by Crippen LogP contribution is 2.18. The third-order valence-electron chi connectivity index (χ3n) is 3.21. The molecule has 0 spiro atoms. The van der Waals surface area contributed by atoms with Crippen molar-refractivity contribution in [2.45, 2.75) is 11.8 Å². The Morgan fingerprint density at radius 1 is 1.14 bits per heavy atom. The van der Waals surface area contributed by atoms with E-state index in [0.717, 1.165) is 14.7 Å². The number of ketones is 1. The van der Waals surface area contributed by atoms with Gasteiger partial charge in [-0.1, -0.05) is 0 Å². The van der Waals surface area contributed by atoms with Gasteiger partial charge in [0, 0.05) is 24.5 Å². The lowest BCUT2D eigenvalue weighted by molar-refractivity contribution is 0.104. The molecule has 116 valence electrons. The fourth-order valence-corrected chi connectivity index (χ4v) is 3.53. The highest BCUT2D eigenvalue weighted by molar-refractivity contribution is 7.89. The van der Waals surface area contributed by atoms with Crippen molar-refractivity contribution in [3.05, 3.63) is 57.8 Å². The molecule has 4 nitrogen and oxygen atoms in total. The Kier molecular flexibility index (Phi) is 4.95. The molecular formula is C16H17NO3S2. The van der Waals surface area contributed by atoms with Crippen molar-refractivity contribution in [3.63, 3.8) is 0 Å². The zero-order chi connectivity index (χ0) is 16.3. The summed E-state index contributed by atoms with van der Waals surface area (Å²) in [6, 6.07) is 7.96. The number of sulfonamides is 1. The van der Waals surface area contributed by atoms with Crippen LogP contribution in [0.2, 0.25) is 0 Å². The maximum atomic E-state index is 12.1. The summed E-state index contributed by atoms with van der Waals surface area (Å²) in [6.07, 6.45) is 3.29. The quantitative estimate of drug-likeness (QED) is 0.623. The number of benzene rings is 1. The molecule has 0 N–H and O–H groups in total. The Bertz CT molecular complexity index is 800. The number of hydrogen-bond acceptors (Lipinski definition) is 4. The van der Waals surface area contributed by atoms with Crippen molar-refractivity contribution in [2.24, 2.45) is 0 Å². The van der Waals surface area contributed by atoms with Gasteiger partial charge in [0.1, 0.15) is 0 Å². The second-order valence-electron chi connectivity index (χ2n) is 4.98. The standard InChI is InChI=1S/C16H17NO3S2/c1-12-10-11-21-16(12)9-8-15(18)13-4-6-14(7-5-13)22(19,20)17(2)3/h4-11H,1-3H3/b9-8+. The second-order valence-corrected chi connectivity index (χ2v) is 8.08. The Morgan fingerprint density at radius 3 is 2.27 bits per heavy atom.